The lowest BCUT2D eigenvalue weighted by Gasteiger charge is -2.19. The molecule has 1 N–H and O–H groups in total. The first kappa shape index (κ1) is 21.8. The Morgan fingerprint density at radius 1 is 1.00 bits per heavy atom. The van der Waals surface area contributed by atoms with Crippen LogP contribution < -0.4 is 4.72 Å². The van der Waals surface area contributed by atoms with Gasteiger partial charge >= 0.3 is 6.18 Å². The SMILES string of the molecule is CN(Cc1cccc2ccccc12)C(=O)CNS(=O)(=O)c1cccc(C(F)(F)F)c1. The number of fused-ring (bicyclic) bond motifs is 1. The maximum Gasteiger partial charge on any atom is 0.416 e. The molecule has 0 aliphatic rings. The Bertz CT molecular complexity index is 1170. The van der Waals surface area contributed by atoms with Crippen LogP contribution in [0.2, 0.25) is 0 Å². The Morgan fingerprint density at radius 3 is 2.40 bits per heavy atom. The van der Waals surface area contributed by atoms with Gasteiger partial charge in [-0.05, 0) is 34.5 Å². The number of rotatable bonds is 6. The van der Waals surface area contributed by atoms with Crippen LogP contribution in [-0.4, -0.2) is 32.8 Å². The molecule has 5 nitrogen and oxygen atoms in total. The van der Waals surface area contributed by atoms with Gasteiger partial charge in [-0.25, -0.2) is 13.1 Å². The number of hydrogen-bond acceptors (Lipinski definition) is 3. The molecule has 0 aliphatic carbocycles. The number of halogens is 3. The second kappa shape index (κ2) is 8.45. The van der Waals surface area contributed by atoms with E-state index in [-0.39, 0.29) is 6.54 Å². The highest BCUT2D eigenvalue weighted by molar-refractivity contribution is 7.89. The largest absolute Gasteiger partial charge is 0.416 e. The molecular formula is C21H19F3N2O3S. The van der Waals surface area contributed by atoms with Crippen molar-refractivity contribution in [3.63, 3.8) is 0 Å². The summed E-state index contributed by atoms with van der Waals surface area (Å²) in [6.45, 7) is -0.314. The molecule has 158 valence electrons. The van der Waals surface area contributed by atoms with Crippen LogP contribution in [0.5, 0.6) is 0 Å². The average Bonchev–Trinajstić information content (AvgIpc) is 2.72. The monoisotopic (exact) mass is 436 g/mol. The van der Waals surface area contributed by atoms with Crippen LogP contribution in [-0.2, 0) is 27.5 Å². The topological polar surface area (TPSA) is 66.5 Å². The number of nitrogens with zero attached hydrogens (tertiary/aromatic N) is 1. The van der Waals surface area contributed by atoms with Gasteiger partial charge < -0.3 is 4.90 Å². The van der Waals surface area contributed by atoms with Crippen molar-refractivity contribution in [2.75, 3.05) is 13.6 Å². The molecule has 0 atom stereocenters. The summed E-state index contributed by atoms with van der Waals surface area (Å²) in [7, 11) is -2.75. The summed E-state index contributed by atoms with van der Waals surface area (Å²) in [5.41, 5.74) is -0.186. The van der Waals surface area contributed by atoms with Crippen molar-refractivity contribution in [1.82, 2.24) is 9.62 Å². The third-order valence-corrected chi connectivity index (χ3v) is 6.00. The number of amides is 1. The second-order valence-corrected chi connectivity index (χ2v) is 8.51. The van der Waals surface area contributed by atoms with Gasteiger partial charge in [0.15, 0.2) is 0 Å². The zero-order valence-electron chi connectivity index (χ0n) is 16.0. The summed E-state index contributed by atoms with van der Waals surface area (Å²) in [6.07, 6.45) is -4.67. The molecule has 0 heterocycles. The summed E-state index contributed by atoms with van der Waals surface area (Å²) >= 11 is 0. The number of sulfonamides is 1. The molecule has 0 spiro atoms. The number of carbonyl (C=O) groups is 1. The summed E-state index contributed by atoms with van der Waals surface area (Å²) in [5, 5.41) is 1.99. The van der Waals surface area contributed by atoms with E-state index >= 15 is 0 Å². The molecule has 9 heteroatoms. The van der Waals surface area contributed by atoms with Crippen LogP contribution in [0.1, 0.15) is 11.1 Å². The van der Waals surface area contributed by atoms with E-state index < -0.39 is 39.1 Å². The predicted octanol–water partition coefficient (Wildman–Crippen LogP) is 3.80. The molecule has 3 rings (SSSR count). The van der Waals surface area contributed by atoms with Crippen LogP contribution in [0.4, 0.5) is 13.2 Å². The van der Waals surface area contributed by atoms with E-state index in [1.807, 2.05) is 42.5 Å². The number of carbonyl (C=O) groups excluding carboxylic acids is 1. The molecule has 30 heavy (non-hydrogen) atoms. The first-order valence-corrected chi connectivity index (χ1v) is 10.4. The molecule has 0 fully saturated rings. The molecule has 3 aromatic rings. The molecule has 0 aromatic heterocycles. The Kier molecular flexibility index (Phi) is 6.14. The molecule has 0 aliphatic heterocycles. The van der Waals surface area contributed by atoms with Crippen LogP contribution in [0, 0.1) is 0 Å². The van der Waals surface area contributed by atoms with Crippen molar-refractivity contribution in [3.8, 4) is 0 Å². The van der Waals surface area contributed by atoms with Crippen LogP contribution >= 0.6 is 0 Å². The molecule has 0 bridgehead atoms. The van der Waals surface area contributed by atoms with Gasteiger partial charge in [-0.15, -0.1) is 0 Å². The summed E-state index contributed by atoms with van der Waals surface area (Å²) in [5.74, 6) is -0.515. The Hall–Kier alpha value is -2.91. The third kappa shape index (κ3) is 4.98. The zero-order chi connectivity index (χ0) is 21.9. The van der Waals surface area contributed by atoms with Crippen molar-refractivity contribution in [2.45, 2.75) is 17.6 Å². The van der Waals surface area contributed by atoms with Gasteiger partial charge in [0.2, 0.25) is 15.9 Å². The van der Waals surface area contributed by atoms with Gasteiger partial charge in [0.05, 0.1) is 17.0 Å². The third-order valence-electron chi connectivity index (χ3n) is 4.60. The van der Waals surface area contributed by atoms with E-state index in [0.29, 0.717) is 6.07 Å². The minimum atomic E-state index is -4.67. The first-order chi connectivity index (χ1) is 14.1. The van der Waals surface area contributed by atoms with E-state index in [1.165, 1.54) is 11.9 Å². The van der Waals surface area contributed by atoms with Crippen LogP contribution in [0.25, 0.3) is 10.8 Å². The van der Waals surface area contributed by atoms with Gasteiger partial charge in [-0.3, -0.25) is 4.79 Å². The molecule has 0 saturated heterocycles. The zero-order valence-corrected chi connectivity index (χ0v) is 16.8. The van der Waals surface area contributed by atoms with Crippen molar-refractivity contribution in [3.05, 3.63) is 77.9 Å². The molecule has 0 radical (unpaired) electrons. The average molecular weight is 436 g/mol. The smallest absolute Gasteiger partial charge is 0.340 e. The Labute approximate surface area is 172 Å². The van der Waals surface area contributed by atoms with Crippen molar-refractivity contribution in [1.29, 1.82) is 0 Å². The molecule has 0 saturated carbocycles. The fourth-order valence-electron chi connectivity index (χ4n) is 2.99. The Balaban J connectivity index is 1.68. The van der Waals surface area contributed by atoms with Crippen LogP contribution in [0.3, 0.4) is 0 Å². The van der Waals surface area contributed by atoms with Gasteiger partial charge in [0.25, 0.3) is 0 Å². The highest BCUT2D eigenvalue weighted by Crippen LogP contribution is 2.30. The fraction of sp³-hybridized carbons (Fsp3) is 0.190. The summed E-state index contributed by atoms with van der Waals surface area (Å²) < 4.78 is 65.2. The van der Waals surface area contributed by atoms with Gasteiger partial charge in [0, 0.05) is 13.6 Å². The summed E-state index contributed by atoms with van der Waals surface area (Å²) in [4.78, 5) is 13.2. The van der Waals surface area contributed by atoms with Crippen molar-refractivity contribution < 1.29 is 26.4 Å². The fourth-order valence-corrected chi connectivity index (χ4v) is 4.01. The number of likely N-dealkylation sites (N-methyl/N-ethyl adjacent to an activating group) is 1. The standard InChI is InChI=1S/C21H19F3N2O3S/c1-26(14-16-8-4-7-15-6-2-3-11-19(15)16)20(27)13-25-30(28,29)18-10-5-9-17(12-18)21(22,23)24/h2-12,25H,13-14H2,1H3. The van der Waals surface area contributed by atoms with Crippen molar-refractivity contribution >= 4 is 26.7 Å². The maximum atomic E-state index is 12.8. The normalized spacial score (nSPS) is 12.1. The number of hydrogen-bond donors (Lipinski definition) is 1. The minimum absolute atomic E-state index is 0.255. The quantitative estimate of drug-likeness (QED) is 0.639. The van der Waals surface area contributed by atoms with Crippen molar-refractivity contribution in [2.24, 2.45) is 0 Å². The van der Waals surface area contributed by atoms with E-state index in [1.54, 1.807) is 0 Å². The molecular weight excluding hydrogens is 417 g/mol. The minimum Gasteiger partial charge on any atom is -0.340 e. The summed E-state index contributed by atoms with van der Waals surface area (Å²) in [6, 6.07) is 16.7. The van der Waals surface area contributed by atoms with E-state index in [2.05, 4.69) is 4.72 Å². The number of alkyl halides is 3. The highest BCUT2D eigenvalue weighted by atomic mass is 32.2. The van der Waals surface area contributed by atoms with E-state index in [4.69, 9.17) is 0 Å². The second-order valence-electron chi connectivity index (χ2n) is 6.74. The molecule has 1 amide bonds. The molecule has 3 aromatic carbocycles. The lowest BCUT2D eigenvalue weighted by Crippen LogP contribution is -2.37. The first-order valence-electron chi connectivity index (χ1n) is 8.95. The lowest BCUT2D eigenvalue weighted by atomic mass is 10.0. The van der Waals surface area contributed by atoms with Gasteiger partial charge in [-0.2, -0.15) is 13.2 Å². The highest BCUT2D eigenvalue weighted by Gasteiger charge is 2.31. The maximum absolute atomic E-state index is 12.8. The number of benzene rings is 3. The van der Waals surface area contributed by atoms with Crippen LogP contribution in [0.15, 0.2) is 71.6 Å². The van der Waals surface area contributed by atoms with E-state index in [0.717, 1.165) is 34.5 Å². The molecule has 0 unspecified atom stereocenters. The van der Waals surface area contributed by atoms with Gasteiger partial charge in [-0.1, -0.05) is 48.5 Å². The predicted molar refractivity (Wildman–Crippen MR) is 107 cm³/mol. The van der Waals surface area contributed by atoms with Gasteiger partial charge in [0.1, 0.15) is 0 Å². The Morgan fingerprint density at radius 2 is 1.67 bits per heavy atom. The van der Waals surface area contributed by atoms with E-state index in [9.17, 15) is 26.4 Å². The lowest BCUT2D eigenvalue weighted by molar-refractivity contribution is -0.137. The number of nitrogens with one attached hydrogen (secondary N) is 1.